The highest BCUT2D eigenvalue weighted by atomic mass is 16.5. The van der Waals surface area contributed by atoms with Crippen LogP contribution in [0, 0.1) is 0 Å². The third kappa shape index (κ3) is 3.68. The van der Waals surface area contributed by atoms with E-state index >= 15 is 0 Å². The fourth-order valence-electron chi connectivity index (χ4n) is 4.28. The Morgan fingerprint density at radius 3 is 2.59 bits per heavy atom. The summed E-state index contributed by atoms with van der Waals surface area (Å²) in [5.41, 5.74) is 2.41. The van der Waals surface area contributed by atoms with Gasteiger partial charge in [0.05, 0.1) is 12.7 Å². The van der Waals surface area contributed by atoms with E-state index in [1.807, 2.05) is 71.6 Å². The number of methoxy groups -OCH3 is 1. The number of fused-ring (bicyclic) bond motifs is 2. The summed E-state index contributed by atoms with van der Waals surface area (Å²) in [7, 11) is 1.61. The Hall–Kier alpha value is -3.80. The van der Waals surface area contributed by atoms with Gasteiger partial charge in [-0.2, -0.15) is 0 Å². The molecule has 1 saturated heterocycles. The summed E-state index contributed by atoms with van der Waals surface area (Å²) in [4.78, 5) is 22.4. The Balaban J connectivity index is 1.42. The molecule has 0 bridgehead atoms. The number of carbonyl (C=O) groups excluding carboxylic acids is 1. The van der Waals surface area contributed by atoms with Crippen molar-refractivity contribution < 1.29 is 14.3 Å². The number of nitrogens with zero attached hydrogens (tertiary/aromatic N) is 3. The van der Waals surface area contributed by atoms with Gasteiger partial charge < -0.3 is 19.3 Å². The van der Waals surface area contributed by atoms with Crippen LogP contribution in [-0.2, 0) is 0 Å². The molecular weight excluding hydrogens is 402 g/mol. The number of hydrogen-bond donors (Lipinski definition) is 0. The Morgan fingerprint density at radius 2 is 1.78 bits per heavy atom. The molecule has 2 aliphatic rings. The molecule has 1 atom stereocenters. The minimum Gasteiger partial charge on any atom is -0.497 e. The summed E-state index contributed by atoms with van der Waals surface area (Å²) >= 11 is 0. The zero-order valence-corrected chi connectivity index (χ0v) is 18.2. The van der Waals surface area contributed by atoms with Crippen LogP contribution in [0.25, 0.3) is 0 Å². The van der Waals surface area contributed by atoms with Crippen LogP contribution in [0.1, 0.15) is 22.8 Å². The van der Waals surface area contributed by atoms with Gasteiger partial charge in [0.25, 0.3) is 5.91 Å². The van der Waals surface area contributed by atoms with Crippen LogP contribution < -0.4 is 9.47 Å². The van der Waals surface area contributed by atoms with Gasteiger partial charge in [0.1, 0.15) is 23.0 Å². The van der Waals surface area contributed by atoms with E-state index in [-0.39, 0.29) is 11.9 Å². The number of hydrogen-bond acceptors (Lipinski definition) is 5. The number of aliphatic imine (C=N–C) groups is 1. The topological polar surface area (TPSA) is 54.4 Å². The normalized spacial score (nSPS) is 17.4. The summed E-state index contributed by atoms with van der Waals surface area (Å²) in [6, 6.07) is 23.1. The first-order valence-electron chi connectivity index (χ1n) is 10.8. The summed E-state index contributed by atoms with van der Waals surface area (Å²) in [5.74, 6) is 3.12. The van der Waals surface area contributed by atoms with Crippen molar-refractivity contribution >= 4 is 17.4 Å². The van der Waals surface area contributed by atoms with Crippen LogP contribution in [0.2, 0.25) is 0 Å². The lowest BCUT2D eigenvalue weighted by molar-refractivity contribution is 0.0581. The molecule has 3 aromatic carbocycles. The van der Waals surface area contributed by atoms with Crippen molar-refractivity contribution in [2.45, 2.75) is 13.0 Å². The van der Waals surface area contributed by atoms with E-state index in [9.17, 15) is 4.79 Å². The zero-order valence-electron chi connectivity index (χ0n) is 18.2. The Bertz CT molecular complexity index is 1190. The molecule has 6 heteroatoms. The van der Waals surface area contributed by atoms with E-state index in [0.717, 1.165) is 28.6 Å². The molecular formula is C26H25N3O3. The van der Waals surface area contributed by atoms with E-state index in [4.69, 9.17) is 14.5 Å². The molecule has 0 aliphatic carbocycles. The Morgan fingerprint density at radius 1 is 1.00 bits per heavy atom. The second-order valence-electron chi connectivity index (χ2n) is 8.03. The van der Waals surface area contributed by atoms with Crippen molar-refractivity contribution in [1.29, 1.82) is 0 Å². The van der Waals surface area contributed by atoms with Crippen molar-refractivity contribution in [2.75, 3.05) is 26.7 Å². The standard InChI is InChI=1S/C26H25N3O3/c1-18-17-28(14-15-29(18)26(30)19-8-7-9-20(16-19)31-2)25-21-10-3-5-12-23(21)32-24-13-6-4-11-22(24)27-25/h3-13,16,18H,14-15,17H2,1-2H3/t18-/m0/s1. The first-order valence-corrected chi connectivity index (χ1v) is 10.8. The van der Waals surface area contributed by atoms with Crippen molar-refractivity contribution in [2.24, 2.45) is 4.99 Å². The molecule has 1 amide bonds. The lowest BCUT2D eigenvalue weighted by Crippen LogP contribution is -2.55. The molecule has 0 aromatic heterocycles. The molecule has 0 radical (unpaired) electrons. The first kappa shape index (κ1) is 20.1. The van der Waals surface area contributed by atoms with Gasteiger partial charge in [-0.05, 0) is 49.4 Å². The Labute approximate surface area is 187 Å². The predicted octanol–water partition coefficient (Wildman–Crippen LogP) is 4.73. The summed E-state index contributed by atoms with van der Waals surface area (Å²) < 4.78 is 11.5. The number of carbonyl (C=O) groups is 1. The molecule has 0 N–H and O–H groups in total. The molecule has 1 fully saturated rings. The molecule has 2 aliphatic heterocycles. The molecule has 2 heterocycles. The van der Waals surface area contributed by atoms with E-state index in [1.54, 1.807) is 13.2 Å². The number of piperazine rings is 1. The minimum absolute atomic E-state index is 0.0212. The largest absolute Gasteiger partial charge is 0.497 e. The van der Waals surface area contributed by atoms with E-state index in [0.29, 0.717) is 30.9 Å². The van der Waals surface area contributed by atoms with Crippen LogP contribution in [0.3, 0.4) is 0 Å². The zero-order chi connectivity index (χ0) is 22.1. The van der Waals surface area contributed by atoms with Gasteiger partial charge in [0.2, 0.25) is 0 Å². The lowest BCUT2D eigenvalue weighted by Gasteiger charge is -2.41. The minimum atomic E-state index is 0.0212. The highest BCUT2D eigenvalue weighted by Gasteiger charge is 2.32. The SMILES string of the molecule is COc1cccc(C(=O)N2CCN(C3=Nc4ccccc4Oc4ccccc43)C[C@@H]2C)c1. The molecule has 0 spiro atoms. The molecule has 32 heavy (non-hydrogen) atoms. The maximum Gasteiger partial charge on any atom is 0.254 e. The fourth-order valence-corrected chi connectivity index (χ4v) is 4.28. The Kier molecular flexibility index (Phi) is 5.27. The quantitative estimate of drug-likeness (QED) is 0.594. The van der Waals surface area contributed by atoms with Gasteiger partial charge in [0.15, 0.2) is 5.75 Å². The van der Waals surface area contributed by atoms with Gasteiger partial charge in [0, 0.05) is 31.2 Å². The van der Waals surface area contributed by atoms with Gasteiger partial charge >= 0.3 is 0 Å². The van der Waals surface area contributed by atoms with Gasteiger partial charge in [-0.1, -0.05) is 30.3 Å². The number of benzene rings is 3. The predicted molar refractivity (Wildman–Crippen MR) is 124 cm³/mol. The summed E-state index contributed by atoms with van der Waals surface area (Å²) in [5, 5.41) is 0. The molecule has 0 saturated carbocycles. The monoisotopic (exact) mass is 427 g/mol. The smallest absolute Gasteiger partial charge is 0.254 e. The first-order chi connectivity index (χ1) is 15.6. The second-order valence-corrected chi connectivity index (χ2v) is 8.03. The average Bonchev–Trinajstić information content (AvgIpc) is 3.00. The lowest BCUT2D eigenvalue weighted by atomic mass is 10.1. The van der Waals surface area contributed by atoms with E-state index < -0.39 is 0 Å². The average molecular weight is 428 g/mol. The number of amides is 1. The third-order valence-electron chi connectivity index (χ3n) is 5.94. The molecule has 5 rings (SSSR count). The summed E-state index contributed by atoms with van der Waals surface area (Å²) in [6.07, 6.45) is 0. The van der Waals surface area contributed by atoms with Gasteiger partial charge in [-0.3, -0.25) is 4.79 Å². The highest BCUT2D eigenvalue weighted by molar-refractivity contribution is 6.04. The van der Waals surface area contributed by atoms with Crippen molar-refractivity contribution in [3.63, 3.8) is 0 Å². The second kappa shape index (κ2) is 8.38. The third-order valence-corrected chi connectivity index (χ3v) is 5.94. The van der Waals surface area contributed by atoms with Crippen LogP contribution in [-0.4, -0.2) is 54.3 Å². The number of para-hydroxylation sites is 3. The number of ether oxygens (including phenoxy) is 2. The van der Waals surface area contributed by atoms with Gasteiger partial charge in [-0.25, -0.2) is 4.99 Å². The van der Waals surface area contributed by atoms with Crippen LogP contribution in [0.15, 0.2) is 77.8 Å². The van der Waals surface area contributed by atoms with Crippen LogP contribution in [0.4, 0.5) is 5.69 Å². The highest BCUT2D eigenvalue weighted by Crippen LogP contribution is 2.38. The van der Waals surface area contributed by atoms with Crippen molar-refractivity contribution in [3.8, 4) is 17.2 Å². The summed E-state index contributed by atoms with van der Waals surface area (Å²) in [6.45, 7) is 4.07. The van der Waals surface area contributed by atoms with E-state index in [1.165, 1.54) is 0 Å². The number of amidine groups is 1. The van der Waals surface area contributed by atoms with Crippen molar-refractivity contribution in [1.82, 2.24) is 9.80 Å². The van der Waals surface area contributed by atoms with Crippen LogP contribution >= 0.6 is 0 Å². The maximum absolute atomic E-state index is 13.2. The number of rotatable bonds is 2. The maximum atomic E-state index is 13.2. The van der Waals surface area contributed by atoms with Gasteiger partial charge in [-0.15, -0.1) is 0 Å². The molecule has 162 valence electrons. The van der Waals surface area contributed by atoms with Crippen molar-refractivity contribution in [3.05, 3.63) is 83.9 Å². The molecule has 6 nitrogen and oxygen atoms in total. The molecule has 0 unspecified atom stereocenters. The molecule has 3 aromatic rings. The van der Waals surface area contributed by atoms with E-state index in [2.05, 4.69) is 11.8 Å². The fraction of sp³-hybridized carbons (Fsp3) is 0.231. The van der Waals surface area contributed by atoms with Crippen LogP contribution in [0.5, 0.6) is 17.2 Å².